The number of carboxylic acid groups (broad SMARTS) is 1. The normalized spacial score (nSPS) is 17.9. The molecule has 1 saturated heterocycles. The van der Waals surface area contributed by atoms with Gasteiger partial charge in [0.05, 0.1) is 6.04 Å². The van der Waals surface area contributed by atoms with E-state index < -0.39 is 47.9 Å². The van der Waals surface area contributed by atoms with Crippen molar-refractivity contribution < 1.29 is 29.4 Å². The third-order valence-electron chi connectivity index (χ3n) is 5.93. The number of nitrogens with two attached hydrogens (primary N) is 2. The Bertz CT molecular complexity index is 884. The minimum Gasteiger partial charge on any atom is -0.508 e. The van der Waals surface area contributed by atoms with Crippen LogP contribution < -0.4 is 22.1 Å². The molecule has 194 valence electrons. The molecule has 1 aliphatic rings. The number of hydrogen-bond acceptors (Lipinski definition) is 8. The number of thiol groups is 1. The Morgan fingerprint density at radius 1 is 1.11 bits per heavy atom. The lowest BCUT2D eigenvalue weighted by molar-refractivity contribution is -0.144. The maximum absolute atomic E-state index is 13.2. The van der Waals surface area contributed by atoms with Gasteiger partial charge in [0.2, 0.25) is 17.7 Å². The molecule has 11 nitrogen and oxygen atoms in total. The van der Waals surface area contributed by atoms with Crippen molar-refractivity contribution >= 4 is 36.3 Å². The van der Waals surface area contributed by atoms with Crippen molar-refractivity contribution in [3.05, 3.63) is 29.8 Å². The summed E-state index contributed by atoms with van der Waals surface area (Å²) in [6, 6.07) is 2.46. The van der Waals surface area contributed by atoms with E-state index >= 15 is 0 Å². The zero-order valence-corrected chi connectivity index (χ0v) is 20.5. The SMILES string of the molecule is NCCCCC(NC(=O)C1CCCN1C(=O)C(CS)NC(=O)C(N)Cc1ccc(O)cc1)C(=O)O. The minimum atomic E-state index is -1.14. The summed E-state index contributed by atoms with van der Waals surface area (Å²) in [6.45, 7) is 0.738. The van der Waals surface area contributed by atoms with Gasteiger partial charge in [-0.2, -0.15) is 12.6 Å². The number of aliphatic carboxylic acids is 1. The van der Waals surface area contributed by atoms with Gasteiger partial charge < -0.3 is 37.2 Å². The Morgan fingerprint density at radius 3 is 2.40 bits per heavy atom. The van der Waals surface area contributed by atoms with Crippen molar-refractivity contribution in [3.63, 3.8) is 0 Å². The Morgan fingerprint density at radius 2 is 1.80 bits per heavy atom. The topological polar surface area (TPSA) is 188 Å². The summed E-state index contributed by atoms with van der Waals surface area (Å²) in [5.41, 5.74) is 12.2. The number of unbranched alkanes of at least 4 members (excludes halogenated alkanes) is 1. The number of carbonyl (C=O) groups excluding carboxylic acids is 3. The summed E-state index contributed by atoms with van der Waals surface area (Å²) in [5, 5.41) is 23.9. The van der Waals surface area contributed by atoms with E-state index in [1.54, 1.807) is 12.1 Å². The lowest BCUT2D eigenvalue weighted by Crippen LogP contribution is -2.57. The van der Waals surface area contributed by atoms with Gasteiger partial charge in [0, 0.05) is 12.3 Å². The predicted molar refractivity (Wildman–Crippen MR) is 133 cm³/mol. The average molecular weight is 510 g/mol. The average Bonchev–Trinajstić information content (AvgIpc) is 3.32. The summed E-state index contributed by atoms with van der Waals surface area (Å²) in [5.74, 6) is -2.60. The van der Waals surface area contributed by atoms with E-state index in [1.165, 1.54) is 17.0 Å². The fraction of sp³-hybridized carbons (Fsp3) is 0.565. The number of likely N-dealkylation sites (tertiary alicyclic amines) is 1. The molecule has 3 amide bonds. The summed E-state index contributed by atoms with van der Waals surface area (Å²) in [4.78, 5) is 51.5. The number of rotatable bonds is 13. The molecule has 0 aliphatic carbocycles. The van der Waals surface area contributed by atoms with Crippen LogP contribution in [0.5, 0.6) is 5.75 Å². The van der Waals surface area contributed by atoms with Gasteiger partial charge in [-0.25, -0.2) is 4.79 Å². The Balaban J connectivity index is 1.99. The van der Waals surface area contributed by atoms with E-state index in [2.05, 4.69) is 23.3 Å². The summed E-state index contributed by atoms with van der Waals surface area (Å²) >= 11 is 4.19. The van der Waals surface area contributed by atoms with E-state index in [0.717, 1.165) is 5.56 Å². The van der Waals surface area contributed by atoms with Crippen LogP contribution in [-0.4, -0.2) is 81.8 Å². The van der Waals surface area contributed by atoms with Crippen molar-refractivity contribution in [2.75, 3.05) is 18.8 Å². The first-order valence-corrected chi connectivity index (χ1v) is 12.3. The number of phenolic OH excluding ortho intramolecular Hbond substituents is 1. The molecule has 0 bridgehead atoms. The largest absolute Gasteiger partial charge is 0.508 e. The van der Waals surface area contributed by atoms with Gasteiger partial charge in [-0.05, 0) is 62.8 Å². The molecule has 12 heteroatoms. The van der Waals surface area contributed by atoms with E-state index in [1.807, 2.05) is 0 Å². The number of amides is 3. The van der Waals surface area contributed by atoms with Gasteiger partial charge in [-0.15, -0.1) is 0 Å². The molecule has 4 atom stereocenters. The van der Waals surface area contributed by atoms with Gasteiger partial charge in [-0.3, -0.25) is 14.4 Å². The van der Waals surface area contributed by atoms with E-state index in [9.17, 15) is 29.4 Å². The molecule has 1 aromatic rings. The number of carboxylic acids is 1. The lowest BCUT2D eigenvalue weighted by Gasteiger charge is -2.29. The predicted octanol–water partition coefficient (Wildman–Crippen LogP) is -0.634. The first-order chi connectivity index (χ1) is 16.7. The fourth-order valence-electron chi connectivity index (χ4n) is 3.96. The van der Waals surface area contributed by atoms with Gasteiger partial charge >= 0.3 is 5.97 Å². The molecule has 0 spiro atoms. The van der Waals surface area contributed by atoms with Crippen LogP contribution in [0.2, 0.25) is 0 Å². The van der Waals surface area contributed by atoms with Crippen LogP contribution in [0.3, 0.4) is 0 Å². The van der Waals surface area contributed by atoms with Gasteiger partial charge in [0.25, 0.3) is 0 Å². The number of aromatic hydroxyl groups is 1. The molecule has 0 aromatic heterocycles. The number of benzene rings is 1. The molecule has 35 heavy (non-hydrogen) atoms. The summed E-state index contributed by atoms with van der Waals surface area (Å²) < 4.78 is 0. The third kappa shape index (κ3) is 8.41. The summed E-state index contributed by atoms with van der Waals surface area (Å²) in [6.07, 6.45) is 2.61. The van der Waals surface area contributed by atoms with Crippen molar-refractivity contribution in [2.45, 2.75) is 62.7 Å². The van der Waals surface area contributed by atoms with E-state index in [-0.39, 0.29) is 24.3 Å². The number of nitrogens with one attached hydrogen (secondary N) is 2. The highest BCUT2D eigenvalue weighted by Crippen LogP contribution is 2.20. The van der Waals surface area contributed by atoms with Crippen LogP contribution in [0.1, 0.15) is 37.7 Å². The standard InChI is InChI=1S/C23H35N5O6S/c24-10-2-1-4-17(23(33)34)26-21(31)19-5-3-11-28(19)22(32)18(13-35)27-20(30)16(25)12-14-6-8-15(29)9-7-14/h6-9,16-19,29,35H,1-5,10-13,24-25H2,(H,26,31)(H,27,30)(H,33,34). The molecule has 0 radical (unpaired) electrons. The highest BCUT2D eigenvalue weighted by atomic mass is 32.1. The first kappa shape index (κ1) is 28.4. The maximum Gasteiger partial charge on any atom is 0.326 e. The quantitative estimate of drug-likeness (QED) is 0.135. The van der Waals surface area contributed by atoms with Crippen LogP contribution in [0, 0.1) is 0 Å². The van der Waals surface area contributed by atoms with Crippen molar-refractivity contribution in [1.29, 1.82) is 0 Å². The molecule has 8 N–H and O–H groups in total. The van der Waals surface area contributed by atoms with Crippen LogP contribution in [0.4, 0.5) is 0 Å². The van der Waals surface area contributed by atoms with Crippen LogP contribution in [0.25, 0.3) is 0 Å². The maximum atomic E-state index is 13.2. The highest BCUT2D eigenvalue weighted by molar-refractivity contribution is 7.80. The van der Waals surface area contributed by atoms with Crippen molar-refractivity contribution in [2.24, 2.45) is 11.5 Å². The second kappa shape index (κ2) is 13.9. The first-order valence-electron chi connectivity index (χ1n) is 11.7. The molecule has 0 saturated carbocycles. The van der Waals surface area contributed by atoms with Crippen LogP contribution in [-0.2, 0) is 25.6 Å². The van der Waals surface area contributed by atoms with Crippen molar-refractivity contribution in [1.82, 2.24) is 15.5 Å². The number of nitrogens with zero attached hydrogens (tertiary/aromatic N) is 1. The van der Waals surface area contributed by atoms with Gasteiger partial charge in [-0.1, -0.05) is 12.1 Å². The summed E-state index contributed by atoms with van der Waals surface area (Å²) in [7, 11) is 0. The second-order valence-electron chi connectivity index (χ2n) is 8.59. The Kier molecular flexibility index (Phi) is 11.3. The second-order valence-corrected chi connectivity index (χ2v) is 8.96. The van der Waals surface area contributed by atoms with Gasteiger partial charge in [0.15, 0.2) is 0 Å². The molecule has 1 fully saturated rings. The lowest BCUT2D eigenvalue weighted by atomic mass is 10.1. The highest BCUT2D eigenvalue weighted by Gasteiger charge is 2.38. The molecule has 4 unspecified atom stereocenters. The van der Waals surface area contributed by atoms with Crippen molar-refractivity contribution in [3.8, 4) is 5.75 Å². The molecular weight excluding hydrogens is 474 g/mol. The third-order valence-corrected chi connectivity index (χ3v) is 6.29. The fourth-order valence-corrected chi connectivity index (χ4v) is 4.21. The zero-order valence-electron chi connectivity index (χ0n) is 19.6. The van der Waals surface area contributed by atoms with Crippen LogP contribution >= 0.6 is 12.6 Å². The number of hydrogen-bond donors (Lipinski definition) is 7. The molecule has 2 rings (SSSR count). The monoisotopic (exact) mass is 509 g/mol. The Labute approximate surface area is 210 Å². The van der Waals surface area contributed by atoms with E-state index in [4.69, 9.17) is 11.5 Å². The van der Waals surface area contributed by atoms with Gasteiger partial charge in [0.1, 0.15) is 23.9 Å². The molecule has 1 aliphatic heterocycles. The smallest absolute Gasteiger partial charge is 0.326 e. The minimum absolute atomic E-state index is 0.00180. The number of carbonyl (C=O) groups is 4. The molecular formula is C23H35N5O6S. The zero-order chi connectivity index (χ0) is 26.0. The Hall–Kier alpha value is -2.83. The van der Waals surface area contributed by atoms with Crippen LogP contribution in [0.15, 0.2) is 24.3 Å². The van der Waals surface area contributed by atoms with E-state index in [0.29, 0.717) is 38.8 Å². The number of phenols is 1. The molecule has 1 aromatic carbocycles. The molecule has 1 heterocycles.